The number of likely N-dealkylation sites (tertiary alicyclic amines) is 1. The number of nitrogens with two attached hydrogens (primary N) is 1. The van der Waals surface area contributed by atoms with Gasteiger partial charge in [0.2, 0.25) is 0 Å². The van der Waals surface area contributed by atoms with E-state index in [0.717, 1.165) is 25.9 Å². The monoisotopic (exact) mass is 214 g/mol. The quantitative estimate of drug-likeness (QED) is 0.769. The second-order valence-corrected chi connectivity index (χ2v) is 4.28. The first-order valence-corrected chi connectivity index (χ1v) is 5.23. The van der Waals surface area contributed by atoms with Crippen molar-refractivity contribution < 1.29 is 0 Å². The minimum Gasteiger partial charge on any atom is -0.381 e. The Labute approximate surface area is 88.6 Å². The number of hydrogen-bond acceptors (Lipinski definition) is 3. The highest BCUT2D eigenvalue weighted by molar-refractivity contribution is 6.32. The maximum Gasteiger partial charge on any atom is 0.164 e. The van der Waals surface area contributed by atoms with Gasteiger partial charge in [0.15, 0.2) is 5.82 Å². The Morgan fingerprint density at radius 3 is 2.64 bits per heavy atom. The molecular formula is C9H15ClN4. The van der Waals surface area contributed by atoms with Gasteiger partial charge in [-0.1, -0.05) is 11.6 Å². The van der Waals surface area contributed by atoms with Gasteiger partial charge in [0.1, 0.15) is 5.02 Å². The summed E-state index contributed by atoms with van der Waals surface area (Å²) in [5.74, 6) is 0.436. The van der Waals surface area contributed by atoms with Crippen LogP contribution >= 0.6 is 11.6 Å². The van der Waals surface area contributed by atoms with Gasteiger partial charge >= 0.3 is 0 Å². The second-order valence-electron chi connectivity index (χ2n) is 3.88. The van der Waals surface area contributed by atoms with Gasteiger partial charge < -0.3 is 10.6 Å². The summed E-state index contributed by atoms with van der Waals surface area (Å²) in [7, 11) is 2.14. The standard InChI is InChI=1S/C9H15ClN4/c1-13-4-2-7(3-5-13)14-6-8(10)9(11)12-14/h6-7H,2-5H2,1H3,(H2,11,12). The van der Waals surface area contributed by atoms with Gasteiger partial charge in [0, 0.05) is 6.20 Å². The number of anilines is 1. The average molecular weight is 215 g/mol. The SMILES string of the molecule is CN1CCC(n2cc(Cl)c(N)n2)CC1. The van der Waals surface area contributed by atoms with E-state index in [2.05, 4.69) is 17.0 Å². The maximum absolute atomic E-state index is 5.86. The van der Waals surface area contributed by atoms with Gasteiger partial charge in [-0.25, -0.2) is 0 Å². The third kappa shape index (κ3) is 1.86. The van der Waals surface area contributed by atoms with Crippen molar-refractivity contribution >= 4 is 17.4 Å². The van der Waals surface area contributed by atoms with Crippen LogP contribution in [-0.4, -0.2) is 34.8 Å². The molecule has 1 aromatic rings. The number of halogens is 1. The molecule has 2 rings (SSSR count). The molecule has 0 spiro atoms. The summed E-state index contributed by atoms with van der Waals surface area (Å²) in [6.45, 7) is 2.23. The molecule has 5 heteroatoms. The lowest BCUT2D eigenvalue weighted by Crippen LogP contribution is -2.31. The van der Waals surface area contributed by atoms with Crippen LogP contribution in [0.25, 0.3) is 0 Å². The number of rotatable bonds is 1. The van der Waals surface area contributed by atoms with Crippen molar-refractivity contribution in [2.24, 2.45) is 0 Å². The number of piperidine rings is 1. The zero-order valence-electron chi connectivity index (χ0n) is 8.28. The van der Waals surface area contributed by atoms with Gasteiger partial charge in [0.25, 0.3) is 0 Å². The van der Waals surface area contributed by atoms with Crippen LogP contribution in [-0.2, 0) is 0 Å². The van der Waals surface area contributed by atoms with E-state index < -0.39 is 0 Å². The van der Waals surface area contributed by atoms with Crippen LogP contribution in [0.3, 0.4) is 0 Å². The Morgan fingerprint density at radius 1 is 1.50 bits per heavy atom. The molecule has 2 heterocycles. The highest BCUT2D eigenvalue weighted by Crippen LogP contribution is 2.24. The highest BCUT2D eigenvalue weighted by atomic mass is 35.5. The summed E-state index contributed by atoms with van der Waals surface area (Å²) in [4.78, 5) is 2.32. The Balaban J connectivity index is 2.08. The maximum atomic E-state index is 5.86. The predicted molar refractivity (Wildman–Crippen MR) is 57.4 cm³/mol. The zero-order chi connectivity index (χ0) is 10.1. The van der Waals surface area contributed by atoms with E-state index in [-0.39, 0.29) is 0 Å². The molecule has 1 saturated heterocycles. The molecule has 0 aliphatic carbocycles. The lowest BCUT2D eigenvalue weighted by atomic mass is 10.1. The predicted octanol–water partition coefficient (Wildman–Crippen LogP) is 1.39. The first-order chi connectivity index (χ1) is 6.66. The molecule has 0 amide bonds. The summed E-state index contributed by atoms with van der Waals surface area (Å²) in [5.41, 5.74) is 5.60. The van der Waals surface area contributed by atoms with Crippen LogP contribution in [0.1, 0.15) is 18.9 Å². The van der Waals surface area contributed by atoms with Crippen LogP contribution in [0.4, 0.5) is 5.82 Å². The third-order valence-corrected chi connectivity index (χ3v) is 3.07. The second kappa shape index (κ2) is 3.79. The molecule has 1 aliphatic heterocycles. The van der Waals surface area contributed by atoms with Gasteiger partial charge in [-0.05, 0) is 33.0 Å². The van der Waals surface area contributed by atoms with Crippen molar-refractivity contribution in [3.63, 3.8) is 0 Å². The van der Waals surface area contributed by atoms with Crippen molar-refractivity contribution in [3.8, 4) is 0 Å². The van der Waals surface area contributed by atoms with Crippen molar-refractivity contribution in [2.45, 2.75) is 18.9 Å². The molecule has 78 valence electrons. The Morgan fingerprint density at radius 2 is 2.14 bits per heavy atom. The topological polar surface area (TPSA) is 47.1 Å². The molecule has 2 N–H and O–H groups in total. The third-order valence-electron chi connectivity index (χ3n) is 2.78. The molecule has 1 fully saturated rings. The van der Waals surface area contributed by atoms with Crippen LogP contribution in [0.5, 0.6) is 0 Å². The van der Waals surface area contributed by atoms with Crippen LogP contribution in [0.15, 0.2) is 6.20 Å². The molecular weight excluding hydrogens is 200 g/mol. The Bertz CT molecular complexity index is 295. The van der Waals surface area contributed by atoms with E-state index in [1.54, 1.807) is 0 Å². The van der Waals surface area contributed by atoms with Gasteiger partial charge in [0.05, 0.1) is 6.04 Å². The molecule has 0 unspecified atom stereocenters. The summed E-state index contributed by atoms with van der Waals surface area (Å²) in [6.07, 6.45) is 4.06. The Hall–Kier alpha value is -0.740. The fraction of sp³-hybridized carbons (Fsp3) is 0.667. The fourth-order valence-corrected chi connectivity index (χ4v) is 1.97. The highest BCUT2D eigenvalue weighted by Gasteiger charge is 2.19. The van der Waals surface area contributed by atoms with Crippen molar-refractivity contribution in [3.05, 3.63) is 11.2 Å². The van der Waals surface area contributed by atoms with Crippen LogP contribution in [0.2, 0.25) is 5.02 Å². The van der Waals surface area contributed by atoms with Gasteiger partial charge in [-0.15, -0.1) is 0 Å². The molecule has 0 bridgehead atoms. The normalized spacial score (nSPS) is 20.1. The minimum absolute atomic E-state index is 0.436. The first-order valence-electron chi connectivity index (χ1n) is 4.85. The zero-order valence-corrected chi connectivity index (χ0v) is 9.04. The fourth-order valence-electron chi connectivity index (χ4n) is 1.83. The van der Waals surface area contributed by atoms with Crippen molar-refractivity contribution in [1.29, 1.82) is 0 Å². The number of hydrogen-bond donors (Lipinski definition) is 1. The number of aromatic nitrogens is 2. The van der Waals surface area contributed by atoms with E-state index in [9.17, 15) is 0 Å². The van der Waals surface area contributed by atoms with Gasteiger partial charge in [-0.2, -0.15) is 5.10 Å². The summed E-state index contributed by atoms with van der Waals surface area (Å²) in [5, 5.41) is 4.76. The summed E-state index contributed by atoms with van der Waals surface area (Å²) < 4.78 is 1.91. The van der Waals surface area contributed by atoms with Gasteiger partial charge in [-0.3, -0.25) is 4.68 Å². The molecule has 14 heavy (non-hydrogen) atoms. The van der Waals surface area contributed by atoms with Crippen LogP contribution < -0.4 is 5.73 Å². The largest absolute Gasteiger partial charge is 0.381 e. The lowest BCUT2D eigenvalue weighted by Gasteiger charge is -2.28. The smallest absolute Gasteiger partial charge is 0.164 e. The van der Waals surface area contributed by atoms with E-state index in [4.69, 9.17) is 17.3 Å². The van der Waals surface area contributed by atoms with E-state index >= 15 is 0 Å². The summed E-state index contributed by atoms with van der Waals surface area (Å²) in [6, 6.07) is 0.459. The van der Waals surface area contributed by atoms with Crippen molar-refractivity contribution in [2.75, 3.05) is 25.9 Å². The molecule has 0 atom stereocenters. The average Bonchev–Trinajstić information content (AvgIpc) is 2.48. The minimum atomic E-state index is 0.436. The molecule has 0 saturated carbocycles. The van der Waals surface area contributed by atoms with E-state index in [0.29, 0.717) is 16.9 Å². The summed E-state index contributed by atoms with van der Waals surface area (Å²) >= 11 is 5.86. The van der Waals surface area contributed by atoms with E-state index in [1.165, 1.54) is 0 Å². The molecule has 0 aromatic carbocycles. The molecule has 4 nitrogen and oxygen atoms in total. The first kappa shape index (κ1) is 9.80. The number of nitrogen functional groups attached to an aromatic ring is 1. The lowest BCUT2D eigenvalue weighted by molar-refractivity contribution is 0.212. The Kier molecular flexibility index (Phi) is 2.65. The van der Waals surface area contributed by atoms with Crippen molar-refractivity contribution in [1.82, 2.24) is 14.7 Å². The molecule has 1 aromatic heterocycles. The molecule has 1 aliphatic rings. The van der Waals surface area contributed by atoms with Crippen LogP contribution in [0, 0.1) is 0 Å². The van der Waals surface area contributed by atoms with E-state index in [1.807, 2.05) is 10.9 Å². The number of nitrogens with zero attached hydrogens (tertiary/aromatic N) is 3. The molecule has 0 radical (unpaired) electrons.